The Balaban J connectivity index is 1.38. The van der Waals surface area contributed by atoms with Crippen molar-refractivity contribution in [1.82, 2.24) is 14.5 Å². The third-order valence-electron chi connectivity index (χ3n) is 8.59. The van der Waals surface area contributed by atoms with Crippen LogP contribution in [0.1, 0.15) is 0 Å². The normalized spacial score (nSPS) is 12.4. The van der Waals surface area contributed by atoms with Crippen LogP contribution in [0.25, 0.3) is 60.4 Å². The molecule has 0 saturated carbocycles. The number of pyridine rings is 2. The van der Waals surface area contributed by atoms with Crippen molar-refractivity contribution in [3.8, 4) is 16.8 Å². The van der Waals surface area contributed by atoms with E-state index >= 15 is 0 Å². The summed E-state index contributed by atoms with van der Waals surface area (Å²) in [5, 5.41) is 4.93. The summed E-state index contributed by atoms with van der Waals surface area (Å²) < 4.78 is 2.37. The molecule has 3 aromatic heterocycles. The molecule has 1 aliphatic heterocycles. The molecule has 4 heteroatoms. The lowest BCUT2D eigenvalue weighted by atomic mass is 9.33. The highest BCUT2D eigenvalue weighted by Gasteiger charge is 2.33. The van der Waals surface area contributed by atoms with E-state index in [1.807, 2.05) is 12.4 Å². The van der Waals surface area contributed by atoms with Gasteiger partial charge < -0.3 is 4.57 Å². The van der Waals surface area contributed by atoms with E-state index in [9.17, 15) is 0 Å². The first kappa shape index (κ1) is 21.7. The van der Waals surface area contributed by atoms with Crippen LogP contribution in [-0.2, 0) is 0 Å². The summed E-state index contributed by atoms with van der Waals surface area (Å²) in [5.74, 6) is 0. The molecular weight excluding hydrogens is 485 g/mol. The molecule has 0 aliphatic carbocycles. The molecule has 0 fully saturated rings. The summed E-state index contributed by atoms with van der Waals surface area (Å²) in [7, 11) is 0. The molecular formula is C36H22BN3. The van der Waals surface area contributed by atoms with Crippen LogP contribution in [0.3, 0.4) is 0 Å². The van der Waals surface area contributed by atoms with E-state index in [1.54, 1.807) is 0 Å². The number of fused-ring (bicyclic) bond motifs is 6. The van der Waals surface area contributed by atoms with Gasteiger partial charge >= 0.3 is 0 Å². The number of hydrogen-bond donors (Lipinski definition) is 0. The Labute approximate surface area is 231 Å². The molecule has 0 bridgehead atoms. The highest BCUT2D eigenvalue weighted by Crippen LogP contribution is 2.34. The molecule has 4 heterocycles. The summed E-state index contributed by atoms with van der Waals surface area (Å²) in [6.45, 7) is 0.0792. The van der Waals surface area contributed by atoms with Crippen molar-refractivity contribution in [3.05, 3.63) is 134 Å². The SMILES string of the molecule is c1ccc2c(c1)B(c1ccc(-n3c4ccccc4c4ccccc43)c3ncccc13)c1cccc3nccc-2c13. The highest BCUT2D eigenvalue weighted by molar-refractivity contribution is 6.99. The lowest BCUT2D eigenvalue weighted by Gasteiger charge is -2.28. The maximum absolute atomic E-state index is 5.02. The molecule has 0 radical (unpaired) electrons. The van der Waals surface area contributed by atoms with Crippen molar-refractivity contribution in [2.75, 3.05) is 0 Å². The quantitative estimate of drug-likeness (QED) is 0.255. The molecule has 9 rings (SSSR count). The molecule has 0 atom stereocenters. The predicted octanol–water partition coefficient (Wildman–Crippen LogP) is 6.38. The van der Waals surface area contributed by atoms with Gasteiger partial charge in [-0.2, -0.15) is 0 Å². The fraction of sp³-hybridized carbons (Fsp3) is 0. The van der Waals surface area contributed by atoms with Crippen LogP contribution in [0.5, 0.6) is 0 Å². The smallest absolute Gasteiger partial charge is 0.243 e. The highest BCUT2D eigenvalue weighted by atomic mass is 15.0. The van der Waals surface area contributed by atoms with Gasteiger partial charge in [-0.1, -0.05) is 101 Å². The number of hydrogen-bond acceptors (Lipinski definition) is 2. The maximum atomic E-state index is 5.02. The Kier molecular flexibility index (Phi) is 4.41. The van der Waals surface area contributed by atoms with Gasteiger partial charge in [0, 0.05) is 28.6 Å². The van der Waals surface area contributed by atoms with Crippen molar-refractivity contribution in [2.24, 2.45) is 0 Å². The minimum atomic E-state index is 0.0792. The van der Waals surface area contributed by atoms with Crippen LogP contribution in [-0.4, -0.2) is 21.2 Å². The van der Waals surface area contributed by atoms with Crippen LogP contribution < -0.4 is 16.4 Å². The summed E-state index contributed by atoms with van der Waals surface area (Å²) in [5.41, 5.74) is 12.0. The Hall–Kier alpha value is -5.22. The standard InChI is InChI=1S/C36H22BN3/c1-4-13-28-23(9-1)26-20-22-38-31-15-7-14-30(35(26)31)37(28)29-18-19-34(36-27(29)12-8-21-39-36)40-32-16-5-2-10-24(32)25-11-3-6-17-33(25)40/h1-22H. The second kappa shape index (κ2) is 8.14. The zero-order valence-electron chi connectivity index (χ0n) is 21.6. The summed E-state index contributed by atoms with van der Waals surface area (Å²) >= 11 is 0. The monoisotopic (exact) mass is 507 g/mol. The average molecular weight is 507 g/mol. The first-order chi connectivity index (χ1) is 19.9. The van der Waals surface area contributed by atoms with E-state index < -0.39 is 0 Å². The second-order valence-electron chi connectivity index (χ2n) is 10.6. The topological polar surface area (TPSA) is 30.7 Å². The van der Waals surface area contributed by atoms with Gasteiger partial charge in [-0.3, -0.25) is 9.97 Å². The van der Waals surface area contributed by atoms with Gasteiger partial charge in [-0.25, -0.2) is 0 Å². The second-order valence-corrected chi connectivity index (χ2v) is 10.6. The van der Waals surface area contributed by atoms with Crippen LogP contribution in [0, 0.1) is 0 Å². The lowest BCUT2D eigenvalue weighted by Crippen LogP contribution is -2.55. The molecule has 0 spiro atoms. The Morgan fingerprint density at radius 3 is 2.05 bits per heavy atom. The van der Waals surface area contributed by atoms with Crippen molar-refractivity contribution in [3.63, 3.8) is 0 Å². The van der Waals surface area contributed by atoms with Crippen molar-refractivity contribution >= 4 is 66.7 Å². The fourth-order valence-electron chi connectivity index (χ4n) is 6.99. The van der Waals surface area contributed by atoms with Gasteiger partial charge in [0.25, 0.3) is 0 Å². The van der Waals surface area contributed by atoms with Gasteiger partial charge in [0.2, 0.25) is 6.71 Å². The molecule has 5 aromatic carbocycles. The zero-order chi connectivity index (χ0) is 26.2. The van der Waals surface area contributed by atoms with Gasteiger partial charge in [-0.05, 0) is 52.9 Å². The van der Waals surface area contributed by atoms with Crippen molar-refractivity contribution in [1.29, 1.82) is 0 Å². The Morgan fingerprint density at radius 1 is 0.475 bits per heavy atom. The predicted molar refractivity (Wildman–Crippen MR) is 168 cm³/mol. The number of para-hydroxylation sites is 2. The van der Waals surface area contributed by atoms with Crippen LogP contribution in [0.2, 0.25) is 0 Å². The average Bonchev–Trinajstić information content (AvgIpc) is 3.35. The minimum absolute atomic E-state index is 0.0792. The lowest BCUT2D eigenvalue weighted by molar-refractivity contribution is 1.18. The van der Waals surface area contributed by atoms with Gasteiger partial charge in [0.05, 0.1) is 27.8 Å². The third kappa shape index (κ3) is 2.85. The molecule has 0 N–H and O–H groups in total. The van der Waals surface area contributed by atoms with Crippen LogP contribution in [0.15, 0.2) is 134 Å². The van der Waals surface area contributed by atoms with Crippen LogP contribution >= 0.6 is 0 Å². The number of nitrogens with zero attached hydrogens (tertiary/aromatic N) is 3. The molecule has 0 saturated heterocycles. The van der Waals surface area contributed by atoms with E-state index in [0.717, 1.165) is 16.7 Å². The van der Waals surface area contributed by atoms with Gasteiger partial charge in [0.15, 0.2) is 0 Å². The van der Waals surface area contributed by atoms with Crippen molar-refractivity contribution in [2.45, 2.75) is 0 Å². The Bertz CT molecular complexity index is 2240. The zero-order valence-corrected chi connectivity index (χ0v) is 21.6. The van der Waals surface area contributed by atoms with E-state index in [0.29, 0.717) is 0 Å². The third-order valence-corrected chi connectivity index (χ3v) is 8.59. The van der Waals surface area contributed by atoms with E-state index in [4.69, 9.17) is 9.97 Å². The Morgan fingerprint density at radius 2 is 1.20 bits per heavy atom. The molecule has 0 unspecified atom stereocenters. The molecule has 40 heavy (non-hydrogen) atoms. The summed E-state index contributed by atoms with van der Waals surface area (Å²) in [6.07, 6.45) is 3.84. The summed E-state index contributed by atoms with van der Waals surface area (Å²) in [4.78, 5) is 9.76. The first-order valence-electron chi connectivity index (χ1n) is 13.7. The van der Waals surface area contributed by atoms with E-state index in [1.165, 1.54) is 60.1 Å². The fourth-order valence-corrected chi connectivity index (χ4v) is 6.99. The van der Waals surface area contributed by atoms with Crippen molar-refractivity contribution < 1.29 is 0 Å². The number of benzene rings is 5. The van der Waals surface area contributed by atoms with Gasteiger partial charge in [0.1, 0.15) is 0 Å². The molecule has 0 amide bonds. The first-order valence-corrected chi connectivity index (χ1v) is 13.7. The van der Waals surface area contributed by atoms with Gasteiger partial charge in [-0.15, -0.1) is 0 Å². The van der Waals surface area contributed by atoms with Crippen LogP contribution in [0.4, 0.5) is 0 Å². The number of rotatable bonds is 2. The van der Waals surface area contributed by atoms with E-state index in [-0.39, 0.29) is 6.71 Å². The molecule has 8 aromatic rings. The maximum Gasteiger partial charge on any atom is 0.243 e. The molecule has 1 aliphatic rings. The van der Waals surface area contributed by atoms with E-state index in [2.05, 4.69) is 126 Å². The largest absolute Gasteiger partial charge is 0.307 e. The summed E-state index contributed by atoms with van der Waals surface area (Å²) in [6, 6.07) is 43.7. The molecule has 3 nitrogen and oxygen atoms in total. The number of aromatic nitrogens is 3. The minimum Gasteiger partial charge on any atom is -0.307 e. The molecule has 184 valence electrons.